The van der Waals surface area contributed by atoms with Crippen LogP contribution in [0.25, 0.3) is 0 Å². The summed E-state index contributed by atoms with van der Waals surface area (Å²) in [6.07, 6.45) is -3.00. The van der Waals surface area contributed by atoms with Crippen LogP contribution < -0.4 is 0 Å². The molecule has 5 saturated heterocycles. The molecule has 0 N–H and O–H groups in total. The van der Waals surface area contributed by atoms with Crippen molar-refractivity contribution in [3.05, 3.63) is 0 Å². The molecule has 0 unspecified atom stereocenters. The van der Waals surface area contributed by atoms with Gasteiger partial charge in [-0.2, -0.15) is 0 Å². The van der Waals surface area contributed by atoms with Crippen molar-refractivity contribution < 1.29 is 47.5 Å². The maximum atomic E-state index is 11.3. The second-order valence-corrected chi connectivity index (χ2v) is 7.17. The van der Waals surface area contributed by atoms with E-state index in [1.165, 1.54) is 13.8 Å². The fraction of sp³-hybridized carbons (Fsp3) is 0.875. The zero-order valence-corrected chi connectivity index (χ0v) is 14.4. The summed E-state index contributed by atoms with van der Waals surface area (Å²) in [4.78, 5) is 22.6. The minimum absolute atomic E-state index is 0.0191. The Morgan fingerprint density at radius 1 is 0.808 bits per heavy atom. The Balaban J connectivity index is 1.30. The lowest BCUT2D eigenvalue weighted by Crippen LogP contribution is -2.64. The highest BCUT2D eigenvalue weighted by Crippen LogP contribution is 2.49. The van der Waals surface area contributed by atoms with E-state index in [1.54, 1.807) is 0 Å². The summed E-state index contributed by atoms with van der Waals surface area (Å²) in [7, 11) is 0. The van der Waals surface area contributed by atoms with Crippen LogP contribution in [0.4, 0.5) is 0 Å². The molecule has 5 fully saturated rings. The third-order valence-electron chi connectivity index (χ3n) is 5.42. The van der Waals surface area contributed by atoms with Gasteiger partial charge < -0.3 is 37.9 Å². The SMILES string of the molecule is CC(=O)O[C@@H]1[C@H]2CO[C@@H]1[C@]1(CO[C@]3(CO1)O[C@@H]1CO[C@H]3[C@@H]1OC(C)=O)O2. The fourth-order valence-electron chi connectivity index (χ4n) is 4.42. The second-order valence-electron chi connectivity index (χ2n) is 7.17. The van der Waals surface area contributed by atoms with E-state index in [4.69, 9.17) is 37.9 Å². The van der Waals surface area contributed by atoms with Crippen molar-refractivity contribution in [2.75, 3.05) is 26.4 Å². The summed E-state index contributed by atoms with van der Waals surface area (Å²) < 4.78 is 45.9. The lowest BCUT2D eigenvalue weighted by atomic mass is 10.0. The molecule has 0 radical (unpaired) electrons. The average Bonchev–Trinajstić information content (AvgIpc) is 3.29. The number of hydrogen-bond donors (Lipinski definition) is 0. The van der Waals surface area contributed by atoms with Crippen molar-refractivity contribution in [2.45, 2.75) is 62.0 Å². The molecule has 0 aromatic carbocycles. The topological polar surface area (TPSA) is 108 Å². The molecule has 0 amide bonds. The number of fused-ring (bicyclic) bond motifs is 6. The quantitative estimate of drug-likeness (QED) is 0.553. The standard InChI is InChI=1S/C16H20O10/c1-7(17)23-11-9-3-19-13(11)15(25-9)5-22-16(6-21-15)14-12(24-8(2)18)10(26-16)4-20-14/h9-14H,3-6H2,1-2H3/t9-,10-,11-,12-,13+,14+,15-,16+/m1/s1. The first-order valence-corrected chi connectivity index (χ1v) is 8.64. The smallest absolute Gasteiger partial charge is 0.303 e. The van der Waals surface area contributed by atoms with E-state index in [2.05, 4.69) is 0 Å². The van der Waals surface area contributed by atoms with Crippen LogP contribution in [-0.2, 0) is 47.5 Å². The monoisotopic (exact) mass is 372 g/mol. The fourth-order valence-corrected chi connectivity index (χ4v) is 4.42. The van der Waals surface area contributed by atoms with E-state index in [0.717, 1.165) is 0 Å². The molecule has 5 rings (SSSR count). The molecule has 26 heavy (non-hydrogen) atoms. The summed E-state index contributed by atoms with van der Waals surface area (Å²) in [5.74, 6) is -3.12. The molecule has 4 bridgehead atoms. The van der Waals surface area contributed by atoms with Crippen molar-refractivity contribution in [3.63, 3.8) is 0 Å². The van der Waals surface area contributed by atoms with Gasteiger partial charge in [0.25, 0.3) is 0 Å². The Labute approximate surface area is 148 Å². The highest BCUT2D eigenvalue weighted by atomic mass is 16.8. The minimum atomic E-state index is -1.16. The van der Waals surface area contributed by atoms with Crippen molar-refractivity contribution in [1.29, 1.82) is 0 Å². The Morgan fingerprint density at radius 3 is 1.58 bits per heavy atom. The summed E-state index contributed by atoms with van der Waals surface area (Å²) in [5, 5.41) is 0. The highest BCUT2D eigenvalue weighted by molar-refractivity contribution is 5.66. The summed E-state index contributed by atoms with van der Waals surface area (Å²) in [6.45, 7) is 3.38. The van der Waals surface area contributed by atoms with Crippen molar-refractivity contribution in [3.8, 4) is 0 Å². The Kier molecular flexibility index (Phi) is 3.63. The largest absolute Gasteiger partial charge is 0.457 e. The summed E-state index contributed by atoms with van der Waals surface area (Å²) in [5.41, 5.74) is 0. The van der Waals surface area contributed by atoms with Crippen LogP contribution >= 0.6 is 0 Å². The van der Waals surface area contributed by atoms with Gasteiger partial charge in [-0.05, 0) is 0 Å². The third-order valence-corrected chi connectivity index (χ3v) is 5.42. The molecule has 8 atom stereocenters. The van der Waals surface area contributed by atoms with Gasteiger partial charge in [0.1, 0.15) is 25.4 Å². The molecule has 5 heterocycles. The number of carbonyl (C=O) groups is 2. The van der Waals surface area contributed by atoms with Crippen LogP contribution in [0.15, 0.2) is 0 Å². The van der Waals surface area contributed by atoms with Crippen LogP contribution in [0, 0.1) is 0 Å². The van der Waals surface area contributed by atoms with Crippen LogP contribution in [0.2, 0.25) is 0 Å². The molecule has 0 aromatic heterocycles. The lowest BCUT2D eigenvalue weighted by Gasteiger charge is -2.47. The van der Waals surface area contributed by atoms with Crippen molar-refractivity contribution in [1.82, 2.24) is 0 Å². The van der Waals surface area contributed by atoms with Crippen LogP contribution in [-0.4, -0.2) is 86.6 Å². The highest BCUT2D eigenvalue weighted by Gasteiger charge is 2.70. The third kappa shape index (κ3) is 2.26. The van der Waals surface area contributed by atoms with Crippen LogP contribution in [0.1, 0.15) is 13.8 Å². The van der Waals surface area contributed by atoms with Gasteiger partial charge in [0, 0.05) is 13.8 Å². The van der Waals surface area contributed by atoms with E-state index in [0.29, 0.717) is 13.2 Å². The normalized spacial score (nSPS) is 51.3. The zero-order valence-electron chi connectivity index (χ0n) is 14.4. The van der Waals surface area contributed by atoms with Gasteiger partial charge >= 0.3 is 11.9 Å². The number of hydrogen-bond acceptors (Lipinski definition) is 10. The molecule has 5 aliphatic rings. The maximum absolute atomic E-state index is 11.3. The Bertz CT molecular complexity index is 573. The van der Waals surface area contributed by atoms with Crippen LogP contribution in [0.5, 0.6) is 0 Å². The first-order valence-electron chi connectivity index (χ1n) is 8.64. The maximum Gasteiger partial charge on any atom is 0.303 e. The molecular formula is C16H20O10. The van der Waals surface area contributed by atoms with Crippen molar-refractivity contribution in [2.24, 2.45) is 0 Å². The van der Waals surface area contributed by atoms with E-state index in [9.17, 15) is 9.59 Å². The number of rotatable bonds is 2. The second kappa shape index (κ2) is 5.60. The van der Waals surface area contributed by atoms with Crippen molar-refractivity contribution >= 4 is 11.9 Å². The Morgan fingerprint density at radius 2 is 1.23 bits per heavy atom. The summed E-state index contributed by atoms with van der Waals surface area (Å²) >= 11 is 0. The molecule has 144 valence electrons. The molecule has 0 aromatic rings. The van der Waals surface area contributed by atoms with E-state index in [-0.39, 0.29) is 13.2 Å². The molecule has 0 aliphatic carbocycles. The summed E-state index contributed by atoms with van der Waals surface area (Å²) in [6, 6.07) is 0. The van der Waals surface area contributed by atoms with E-state index in [1.807, 2.05) is 0 Å². The molecule has 2 spiro atoms. The number of ether oxygens (including phenoxy) is 8. The predicted octanol–water partition coefficient (Wildman–Crippen LogP) is -1.12. The van der Waals surface area contributed by atoms with Gasteiger partial charge in [0.05, 0.1) is 13.2 Å². The molecule has 10 nitrogen and oxygen atoms in total. The van der Waals surface area contributed by atoms with E-state index >= 15 is 0 Å². The molecular weight excluding hydrogens is 352 g/mol. The Hall–Kier alpha value is -1.30. The first kappa shape index (κ1) is 16.8. The zero-order chi connectivity index (χ0) is 18.1. The van der Waals surface area contributed by atoms with E-state index < -0.39 is 60.1 Å². The first-order chi connectivity index (χ1) is 12.4. The van der Waals surface area contributed by atoms with Gasteiger partial charge in [-0.3, -0.25) is 9.59 Å². The van der Waals surface area contributed by atoms with Gasteiger partial charge in [-0.15, -0.1) is 0 Å². The lowest BCUT2D eigenvalue weighted by molar-refractivity contribution is -0.423. The number of esters is 2. The predicted molar refractivity (Wildman–Crippen MR) is 77.7 cm³/mol. The van der Waals surface area contributed by atoms with Gasteiger partial charge in [0.15, 0.2) is 24.4 Å². The molecule has 10 heteroatoms. The average molecular weight is 372 g/mol. The van der Waals surface area contributed by atoms with Gasteiger partial charge in [-0.1, -0.05) is 0 Å². The minimum Gasteiger partial charge on any atom is -0.457 e. The van der Waals surface area contributed by atoms with Gasteiger partial charge in [0.2, 0.25) is 11.6 Å². The van der Waals surface area contributed by atoms with Gasteiger partial charge in [-0.25, -0.2) is 0 Å². The number of carbonyl (C=O) groups excluding carboxylic acids is 2. The molecule has 0 saturated carbocycles. The van der Waals surface area contributed by atoms with Crippen LogP contribution in [0.3, 0.4) is 0 Å². The molecule has 5 aliphatic heterocycles.